The summed E-state index contributed by atoms with van der Waals surface area (Å²) >= 11 is 2.11. The van der Waals surface area contributed by atoms with Gasteiger partial charge in [0.05, 0.1) is 0 Å². The molecule has 1 aliphatic heterocycles. The normalized spacial score (nSPS) is 24.7. The number of hydrogen-bond acceptors (Lipinski definition) is 2. The molecule has 1 aliphatic carbocycles. The molecular formula is C18H27NS. The van der Waals surface area contributed by atoms with Crippen LogP contribution in [0.3, 0.4) is 0 Å². The Hall–Kier alpha value is -0.470. The molecule has 1 nitrogen and oxygen atoms in total. The quantitative estimate of drug-likeness (QED) is 0.827. The fourth-order valence-electron chi connectivity index (χ4n) is 3.49. The molecule has 1 aromatic rings. The fourth-order valence-corrected chi connectivity index (χ4v) is 5.03. The maximum absolute atomic E-state index is 3.69. The van der Waals surface area contributed by atoms with Crippen molar-refractivity contribution in [1.82, 2.24) is 5.32 Å². The summed E-state index contributed by atoms with van der Waals surface area (Å²) in [6, 6.07) is 9.56. The van der Waals surface area contributed by atoms with Crippen molar-refractivity contribution in [3.8, 4) is 0 Å². The third-order valence-electron chi connectivity index (χ3n) is 4.88. The second kappa shape index (κ2) is 5.73. The molecule has 0 radical (unpaired) electrons. The summed E-state index contributed by atoms with van der Waals surface area (Å²) < 4.78 is 0. The minimum Gasteiger partial charge on any atom is -0.314 e. The Bertz CT molecular complexity index is 441. The second-order valence-corrected chi connectivity index (χ2v) is 8.56. The molecule has 0 bridgehead atoms. The summed E-state index contributed by atoms with van der Waals surface area (Å²) in [5.41, 5.74) is 2.06. The molecule has 1 fully saturated rings. The number of fused-ring (bicyclic) bond motifs is 1. The zero-order valence-corrected chi connectivity index (χ0v) is 13.8. The van der Waals surface area contributed by atoms with Gasteiger partial charge in [-0.05, 0) is 48.6 Å². The van der Waals surface area contributed by atoms with Gasteiger partial charge in [-0.15, -0.1) is 11.8 Å². The van der Waals surface area contributed by atoms with Crippen molar-refractivity contribution in [3.05, 3.63) is 29.8 Å². The van der Waals surface area contributed by atoms with E-state index in [1.807, 2.05) is 0 Å². The number of nitrogens with one attached hydrogen (secondary N) is 1. The van der Waals surface area contributed by atoms with Crippen molar-refractivity contribution in [1.29, 1.82) is 0 Å². The van der Waals surface area contributed by atoms with Crippen molar-refractivity contribution < 1.29 is 0 Å². The Morgan fingerprint density at radius 2 is 2.05 bits per heavy atom. The van der Waals surface area contributed by atoms with Crippen molar-refractivity contribution in [2.45, 2.75) is 62.6 Å². The maximum atomic E-state index is 3.69. The molecule has 1 aromatic carbocycles. The van der Waals surface area contributed by atoms with Crippen LogP contribution in [0.25, 0.3) is 0 Å². The first-order chi connectivity index (χ1) is 9.57. The van der Waals surface area contributed by atoms with Gasteiger partial charge in [-0.1, -0.05) is 39.0 Å². The Morgan fingerprint density at radius 3 is 2.70 bits per heavy atom. The Kier molecular flexibility index (Phi) is 4.14. The molecular weight excluding hydrogens is 262 g/mol. The molecule has 1 N–H and O–H groups in total. The van der Waals surface area contributed by atoms with E-state index in [0.29, 0.717) is 11.5 Å². The highest BCUT2D eigenvalue weighted by Gasteiger charge is 2.43. The van der Waals surface area contributed by atoms with Gasteiger partial charge < -0.3 is 5.32 Å². The highest BCUT2D eigenvalue weighted by molar-refractivity contribution is 8.00. The van der Waals surface area contributed by atoms with Crippen molar-refractivity contribution in [3.63, 3.8) is 0 Å². The van der Waals surface area contributed by atoms with Crippen LogP contribution in [0.2, 0.25) is 0 Å². The Balaban J connectivity index is 1.63. The molecule has 1 saturated carbocycles. The average molecular weight is 289 g/mol. The van der Waals surface area contributed by atoms with Gasteiger partial charge in [0.1, 0.15) is 0 Å². The third-order valence-corrected chi connectivity index (χ3v) is 6.20. The predicted molar refractivity (Wildman–Crippen MR) is 88.4 cm³/mol. The topological polar surface area (TPSA) is 12.0 Å². The van der Waals surface area contributed by atoms with E-state index in [1.54, 1.807) is 5.56 Å². The lowest BCUT2D eigenvalue weighted by Crippen LogP contribution is -2.39. The van der Waals surface area contributed by atoms with Gasteiger partial charge in [-0.3, -0.25) is 0 Å². The second-order valence-electron chi connectivity index (χ2n) is 7.22. The first kappa shape index (κ1) is 14.5. The molecule has 0 amide bonds. The third kappa shape index (κ3) is 3.23. The van der Waals surface area contributed by atoms with Crippen molar-refractivity contribution >= 4 is 11.8 Å². The Labute approximate surface area is 127 Å². The van der Waals surface area contributed by atoms with Gasteiger partial charge in [0.2, 0.25) is 0 Å². The van der Waals surface area contributed by atoms with E-state index in [4.69, 9.17) is 0 Å². The smallest absolute Gasteiger partial charge is 0.0141 e. The molecule has 0 saturated heterocycles. The van der Waals surface area contributed by atoms with Gasteiger partial charge in [0.15, 0.2) is 0 Å². The van der Waals surface area contributed by atoms with E-state index >= 15 is 0 Å². The number of hydrogen-bond donors (Lipinski definition) is 1. The SMILES string of the molecule is CC(C)NCC(C)(CC1Cc2ccccc2S1)C1CC1. The first-order valence-electron chi connectivity index (χ1n) is 8.05. The number of rotatable bonds is 6. The highest BCUT2D eigenvalue weighted by Crippen LogP contribution is 2.51. The minimum atomic E-state index is 0.490. The van der Waals surface area contributed by atoms with E-state index < -0.39 is 0 Å². The van der Waals surface area contributed by atoms with Crippen LogP contribution < -0.4 is 5.32 Å². The molecule has 3 rings (SSSR count). The molecule has 110 valence electrons. The van der Waals surface area contributed by atoms with Crippen molar-refractivity contribution in [2.75, 3.05) is 6.54 Å². The van der Waals surface area contributed by atoms with Crippen LogP contribution in [0, 0.1) is 11.3 Å². The Morgan fingerprint density at radius 1 is 1.30 bits per heavy atom. The van der Waals surface area contributed by atoms with Gasteiger partial charge >= 0.3 is 0 Å². The van der Waals surface area contributed by atoms with E-state index in [2.05, 4.69) is 62.1 Å². The van der Waals surface area contributed by atoms with Crippen LogP contribution in [0.5, 0.6) is 0 Å². The zero-order valence-electron chi connectivity index (χ0n) is 13.0. The van der Waals surface area contributed by atoms with Crippen LogP contribution >= 0.6 is 11.8 Å². The van der Waals surface area contributed by atoms with Crippen molar-refractivity contribution in [2.24, 2.45) is 11.3 Å². The monoisotopic (exact) mass is 289 g/mol. The molecule has 2 unspecified atom stereocenters. The largest absolute Gasteiger partial charge is 0.314 e. The van der Waals surface area contributed by atoms with Crippen LogP contribution in [0.4, 0.5) is 0 Å². The molecule has 0 spiro atoms. The summed E-state index contributed by atoms with van der Waals surface area (Å²) in [5.74, 6) is 0.957. The maximum Gasteiger partial charge on any atom is 0.0141 e. The first-order valence-corrected chi connectivity index (χ1v) is 8.93. The van der Waals surface area contributed by atoms with Gasteiger partial charge in [0.25, 0.3) is 0 Å². The standard InChI is InChI=1S/C18H27NS/c1-13(2)19-12-18(3,15-8-9-15)11-16-10-14-6-4-5-7-17(14)20-16/h4-7,13,15-16,19H,8-12H2,1-3H3. The van der Waals surface area contributed by atoms with Gasteiger partial charge in [0, 0.05) is 22.7 Å². The molecule has 20 heavy (non-hydrogen) atoms. The lowest BCUT2D eigenvalue weighted by molar-refractivity contribution is 0.228. The molecule has 2 heteroatoms. The summed E-state index contributed by atoms with van der Waals surface area (Å²) in [6.45, 7) is 8.22. The van der Waals surface area contributed by atoms with Gasteiger partial charge in [-0.25, -0.2) is 0 Å². The van der Waals surface area contributed by atoms with Crippen LogP contribution in [-0.4, -0.2) is 17.8 Å². The molecule has 2 aliphatic rings. The summed E-state index contributed by atoms with van der Waals surface area (Å²) in [6.07, 6.45) is 5.52. The van der Waals surface area contributed by atoms with E-state index in [0.717, 1.165) is 11.2 Å². The van der Waals surface area contributed by atoms with Gasteiger partial charge in [-0.2, -0.15) is 0 Å². The lowest BCUT2D eigenvalue weighted by atomic mass is 9.79. The summed E-state index contributed by atoms with van der Waals surface area (Å²) in [7, 11) is 0. The number of benzene rings is 1. The van der Waals surface area contributed by atoms with Crippen LogP contribution in [0.1, 0.15) is 45.6 Å². The molecule has 1 heterocycles. The average Bonchev–Trinajstić information content (AvgIpc) is 3.18. The fraction of sp³-hybridized carbons (Fsp3) is 0.667. The van der Waals surface area contributed by atoms with E-state index in [1.165, 1.54) is 37.1 Å². The zero-order chi connectivity index (χ0) is 14.2. The summed E-state index contributed by atoms with van der Waals surface area (Å²) in [5, 5.41) is 4.48. The highest BCUT2D eigenvalue weighted by atomic mass is 32.2. The summed E-state index contributed by atoms with van der Waals surface area (Å²) in [4.78, 5) is 1.52. The van der Waals surface area contributed by atoms with E-state index in [-0.39, 0.29) is 0 Å². The van der Waals surface area contributed by atoms with Crippen LogP contribution in [0.15, 0.2) is 29.2 Å². The molecule has 0 aromatic heterocycles. The minimum absolute atomic E-state index is 0.490. The predicted octanol–water partition coefficient (Wildman–Crippen LogP) is 4.51. The van der Waals surface area contributed by atoms with Crippen LogP contribution in [-0.2, 0) is 6.42 Å². The van der Waals surface area contributed by atoms with E-state index in [9.17, 15) is 0 Å². The molecule has 2 atom stereocenters. The lowest BCUT2D eigenvalue weighted by Gasteiger charge is -2.33. The number of thioether (sulfide) groups is 1.